The highest BCUT2D eigenvalue weighted by Gasteiger charge is 2.54. The van der Waals surface area contributed by atoms with Gasteiger partial charge >= 0.3 is 6.03 Å². The van der Waals surface area contributed by atoms with Crippen molar-refractivity contribution >= 4 is 30.0 Å². The average molecular weight is 527 g/mol. The Bertz CT molecular complexity index is 1190. The molecule has 1 saturated heterocycles. The summed E-state index contributed by atoms with van der Waals surface area (Å²) in [5, 5.41) is 3.60. The van der Waals surface area contributed by atoms with Gasteiger partial charge in [-0.15, -0.1) is 12.4 Å². The quantitative estimate of drug-likeness (QED) is 0.506. The summed E-state index contributed by atoms with van der Waals surface area (Å²) in [6, 6.07) is 15.0. The van der Waals surface area contributed by atoms with Crippen molar-refractivity contribution in [3.63, 3.8) is 0 Å². The zero-order valence-corrected chi connectivity index (χ0v) is 22.3. The van der Waals surface area contributed by atoms with Crippen molar-refractivity contribution < 1.29 is 13.9 Å². The minimum atomic E-state index is -0.580. The van der Waals surface area contributed by atoms with Crippen molar-refractivity contribution in [3.8, 4) is 5.75 Å². The molecular weight excluding hydrogens is 491 g/mol. The monoisotopic (exact) mass is 526 g/mol. The number of hydrogen-bond donors (Lipinski definition) is 1. The van der Waals surface area contributed by atoms with Crippen molar-refractivity contribution in [2.45, 2.75) is 82.6 Å². The van der Waals surface area contributed by atoms with Crippen LogP contribution < -0.4 is 15.0 Å². The third-order valence-electron chi connectivity index (χ3n) is 8.46. The smallest absolute Gasteiger partial charge is 0.350 e. The second-order valence-electron chi connectivity index (χ2n) is 11.2. The van der Waals surface area contributed by atoms with Gasteiger partial charge in [-0.1, -0.05) is 25.1 Å². The Kier molecular flexibility index (Phi) is 7.20. The molecule has 1 spiro atoms. The van der Waals surface area contributed by atoms with Gasteiger partial charge in [-0.05, 0) is 87.3 Å². The number of ether oxygens (including phenoxy) is 1. The lowest BCUT2D eigenvalue weighted by atomic mass is 9.80. The average Bonchev–Trinajstić information content (AvgIpc) is 3.44. The summed E-state index contributed by atoms with van der Waals surface area (Å²) in [7, 11) is 0. The molecule has 0 aromatic heterocycles. The van der Waals surface area contributed by atoms with E-state index >= 15 is 0 Å². The second-order valence-corrected chi connectivity index (χ2v) is 11.2. The minimum absolute atomic E-state index is 0. The second kappa shape index (κ2) is 10.3. The van der Waals surface area contributed by atoms with E-state index in [0.717, 1.165) is 56.8 Å². The van der Waals surface area contributed by atoms with Gasteiger partial charge in [0.05, 0.1) is 0 Å². The number of carbonyl (C=O) groups excluding carboxylic acids is 1. The number of rotatable bonds is 6. The van der Waals surface area contributed by atoms with Crippen LogP contribution in [0.3, 0.4) is 0 Å². The third kappa shape index (κ3) is 5.08. The van der Waals surface area contributed by atoms with Crippen LogP contribution in [-0.4, -0.2) is 47.0 Å². The normalized spacial score (nSPS) is 29.5. The largest absolute Gasteiger partial charge is 0.490 e. The highest BCUT2D eigenvalue weighted by Crippen LogP contribution is 2.42. The topological polar surface area (TPSA) is 57.2 Å². The van der Waals surface area contributed by atoms with Crippen LogP contribution in [0.1, 0.15) is 57.9 Å². The first-order valence-electron chi connectivity index (χ1n) is 13.4. The summed E-state index contributed by atoms with van der Waals surface area (Å²) in [5.74, 6) is 2.01. The van der Waals surface area contributed by atoms with Crippen LogP contribution >= 0.6 is 12.4 Å². The summed E-state index contributed by atoms with van der Waals surface area (Å²) in [4.78, 5) is 22.0. The highest BCUT2D eigenvalue weighted by molar-refractivity contribution is 6.16. The van der Waals surface area contributed by atoms with Gasteiger partial charge in [-0.3, -0.25) is 9.80 Å². The van der Waals surface area contributed by atoms with Crippen molar-refractivity contribution in [1.29, 1.82) is 0 Å². The molecule has 0 unspecified atom stereocenters. The maximum absolute atomic E-state index is 14.2. The lowest BCUT2D eigenvalue weighted by Crippen LogP contribution is -2.64. The van der Waals surface area contributed by atoms with Gasteiger partial charge in [0.25, 0.3) is 0 Å². The molecule has 6 nitrogen and oxygen atoms in total. The number of anilines is 1. The van der Waals surface area contributed by atoms with Gasteiger partial charge in [-0.2, -0.15) is 4.99 Å². The van der Waals surface area contributed by atoms with Crippen LogP contribution in [0.15, 0.2) is 53.5 Å². The number of amidine groups is 1. The number of hydrogen-bond acceptors (Lipinski definition) is 4. The number of amides is 2. The zero-order chi connectivity index (χ0) is 24.9. The van der Waals surface area contributed by atoms with Crippen LogP contribution in [0.4, 0.5) is 14.9 Å². The van der Waals surface area contributed by atoms with Gasteiger partial charge in [0.2, 0.25) is 0 Å². The van der Waals surface area contributed by atoms with Crippen molar-refractivity contribution in [1.82, 2.24) is 10.2 Å². The van der Waals surface area contributed by atoms with E-state index in [1.165, 1.54) is 24.1 Å². The van der Waals surface area contributed by atoms with E-state index in [9.17, 15) is 9.18 Å². The van der Waals surface area contributed by atoms with Crippen LogP contribution in [0, 0.1) is 11.7 Å². The molecule has 37 heavy (non-hydrogen) atoms. The molecule has 0 bridgehead atoms. The Morgan fingerprint density at radius 1 is 1.16 bits per heavy atom. The molecule has 4 atom stereocenters. The molecule has 2 aromatic carbocycles. The summed E-state index contributed by atoms with van der Waals surface area (Å²) in [6.07, 6.45) is 6.37. The van der Waals surface area contributed by atoms with E-state index in [1.807, 2.05) is 12.1 Å². The van der Waals surface area contributed by atoms with Gasteiger partial charge in [0, 0.05) is 30.9 Å². The fourth-order valence-corrected chi connectivity index (χ4v) is 5.92. The predicted octanol–water partition coefficient (Wildman–Crippen LogP) is 5.94. The highest BCUT2D eigenvalue weighted by atomic mass is 35.5. The molecule has 8 heteroatoms. The number of urea groups is 1. The number of benzene rings is 2. The van der Waals surface area contributed by atoms with Crippen LogP contribution in [0.25, 0.3) is 0 Å². The van der Waals surface area contributed by atoms with E-state index in [4.69, 9.17) is 4.74 Å². The van der Waals surface area contributed by atoms with Crippen LogP contribution in [0.5, 0.6) is 5.75 Å². The Morgan fingerprint density at radius 2 is 1.95 bits per heavy atom. The van der Waals surface area contributed by atoms with Gasteiger partial charge in [0.15, 0.2) is 0 Å². The van der Waals surface area contributed by atoms with Gasteiger partial charge in [-0.25, -0.2) is 9.18 Å². The van der Waals surface area contributed by atoms with E-state index in [1.54, 1.807) is 11.0 Å². The maximum atomic E-state index is 14.2. The van der Waals surface area contributed by atoms with E-state index < -0.39 is 5.54 Å². The first kappa shape index (κ1) is 26.0. The molecule has 4 aliphatic rings. The molecule has 2 amide bonds. The van der Waals surface area contributed by atoms with Crippen molar-refractivity contribution in [2.75, 3.05) is 11.4 Å². The number of aliphatic imine (C=N–C) groups is 1. The molecule has 2 aliphatic carbocycles. The molecule has 2 aromatic rings. The molecule has 198 valence electrons. The molecule has 0 radical (unpaired) electrons. The standard InChI is InChI=1S/C29H35FN4O2.ClH/c1-19-14-26(19)36-25-11-3-6-21(15-25)18-33-13-12-29(17-20(33)2)27(31-23-8-5-9-23)32-28(35)34(29)24-10-4-7-22(30)16-24;/h3-4,6-7,10-11,15-16,19-20,23,26H,5,8-9,12-14,17-18H2,1-2H3,(H,31,32,35);1H/t19-,20-,26+,29+;/m0./s1. The summed E-state index contributed by atoms with van der Waals surface area (Å²) in [5.41, 5.74) is 1.23. The van der Waals surface area contributed by atoms with Crippen LogP contribution in [-0.2, 0) is 6.54 Å². The SMILES string of the molecule is C[C@H]1C[C@H]1Oc1cccc(CN2CC[C@@]3(C[C@@H]2C)C(NC2CCC2)=NC(=O)N3c2cccc(F)c2)c1.Cl. The lowest BCUT2D eigenvalue weighted by molar-refractivity contribution is 0.121. The maximum Gasteiger partial charge on any atom is 0.350 e. The van der Waals surface area contributed by atoms with Gasteiger partial charge < -0.3 is 10.1 Å². The Morgan fingerprint density at radius 3 is 2.62 bits per heavy atom. The number of piperidine rings is 1. The molecule has 2 heterocycles. The number of carbonyl (C=O) groups is 1. The number of nitrogens with one attached hydrogen (secondary N) is 1. The molecule has 2 saturated carbocycles. The van der Waals surface area contributed by atoms with Gasteiger partial charge in [0.1, 0.15) is 29.0 Å². The third-order valence-corrected chi connectivity index (χ3v) is 8.46. The van der Waals surface area contributed by atoms with Crippen molar-refractivity contribution in [3.05, 3.63) is 59.9 Å². The number of likely N-dealkylation sites (tertiary alicyclic amines) is 1. The van der Waals surface area contributed by atoms with E-state index in [2.05, 4.69) is 47.3 Å². The van der Waals surface area contributed by atoms with E-state index in [0.29, 0.717) is 23.8 Å². The first-order chi connectivity index (χ1) is 17.4. The number of halogens is 2. The lowest BCUT2D eigenvalue weighted by Gasteiger charge is -2.49. The van der Waals surface area contributed by atoms with Crippen molar-refractivity contribution in [2.24, 2.45) is 10.9 Å². The first-order valence-corrected chi connectivity index (χ1v) is 13.4. The Balaban J connectivity index is 0.00000280. The Hall–Kier alpha value is -2.64. The molecule has 6 rings (SSSR count). The Labute approximate surface area is 224 Å². The summed E-state index contributed by atoms with van der Waals surface area (Å²) in [6.45, 7) is 6.08. The predicted molar refractivity (Wildman–Crippen MR) is 146 cm³/mol. The summed E-state index contributed by atoms with van der Waals surface area (Å²) < 4.78 is 20.3. The fourth-order valence-electron chi connectivity index (χ4n) is 5.92. The minimum Gasteiger partial charge on any atom is -0.490 e. The molecular formula is C29H36ClFN4O2. The molecule has 1 N–H and O–H groups in total. The molecule has 3 fully saturated rings. The molecule has 2 aliphatic heterocycles. The number of nitrogens with zero attached hydrogens (tertiary/aromatic N) is 3. The van der Waals surface area contributed by atoms with Crippen LogP contribution in [0.2, 0.25) is 0 Å². The fraction of sp³-hybridized carbons (Fsp3) is 0.517. The summed E-state index contributed by atoms with van der Waals surface area (Å²) >= 11 is 0. The van der Waals surface area contributed by atoms with E-state index in [-0.39, 0.29) is 30.3 Å². The zero-order valence-electron chi connectivity index (χ0n) is 21.5.